The maximum Gasteiger partial charge on any atom is 0.316 e. The Balaban J connectivity index is 2.85. The summed E-state index contributed by atoms with van der Waals surface area (Å²) >= 11 is 4.28. The molecule has 0 aromatic heterocycles. The van der Waals surface area contributed by atoms with Gasteiger partial charge in [0.1, 0.15) is 0 Å². The molecule has 0 fully saturated rings. The monoisotopic (exact) mass is 196 g/mol. The van der Waals surface area contributed by atoms with E-state index in [-0.39, 0.29) is 5.25 Å². The van der Waals surface area contributed by atoms with Crippen molar-refractivity contribution >= 4 is 24.3 Å². The summed E-state index contributed by atoms with van der Waals surface area (Å²) in [6, 6.07) is 6.88. The van der Waals surface area contributed by atoms with Crippen LogP contribution in [0.1, 0.15) is 17.7 Å². The maximum atomic E-state index is 10.5. The van der Waals surface area contributed by atoms with Gasteiger partial charge in [0, 0.05) is 10.9 Å². The molecule has 2 amide bonds. The van der Waals surface area contributed by atoms with Gasteiger partial charge < -0.3 is 11.1 Å². The van der Waals surface area contributed by atoms with Crippen molar-refractivity contribution in [2.24, 2.45) is 5.73 Å². The Bertz CT molecular complexity index is 312. The molecule has 0 aliphatic rings. The number of thiol groups is 1. The van der Waals surface area contributed by atoms with Gasteiger partial charge in [-0.05, 0) is 24.6 Å². The molecule has 0 aliphatic heterocycles. The lowest BCUT2D eigenvalue weighted by molar-refractivity contribution is 0.259. The number of benzene rings is 1. The maximum absolute atomic E-state index is 10.5. The second kappa shape index (κ2) is 4.18. The first-order valence-corrected chi connectivity index (χ1v) is 4.45. The number of hydrogen-bond acceptors (Lipinski definition) is 2. The van der Waals surface area contributed by atoms with Crippen LogP contribution in [0.4, 0.5) is 10.5 Å². The number of carbonyl (C=O) groups excluding carboxylic acids is 1. The number of amides is 2. The molecule has 13 heavy (non-hydrogen) atoms. The van der Waals surface area contributed by atoms with Gasteiger partial charge in [0.15, 0.2) is 0 Å². The van der Waals surface area contributed by atoms with Gasteiger partial charge >= 0.3 is 6.03 Å². The second-order valence-corrected chi connectivity index (χ2v) is 3.57. The number of rotatable bonds is 2. The van der Waals surface area contributed by atoms with Gasteiger partial charge in [-0.15, -0.1) is 0 Å². The molecule has 1 aromatic rings. The van der Waals surface area contributed by atoms with Crippen LogP contribution in [0.3, 0.4) is 0 Å². The van der Waals surface area contributed by atoms with Crippen molar-refractivity contribution in [2.75, 3.05) is 5.32 Å². The Morgan fingerprint density at radius 1 is 1.62 bits per heavy atom. The SMILES string of the molecule is CC(S)c1cccc(NC(N)=O)c1. The molecule has 3 N–H and O–H groups in total. The van der Waals surface area contributed by atoms with Gasteiger partial charge in [-0.2, -0.15) is 12.6 Å². The second-order valence-electron chi connectivity index (χ2n) is 2.79. The van der Waals surface area contributed by atoms with E-state index < -0.39 is 6.03 Å². The number of hydrogen-bond donors (Lipinski definition) is 3. The highest BCUT2D eigenvalue weighted by atomic mass is 32.1. The van der Waals surface area contributed by atoms with E-state index in [9.17, 15) is 4.79 Å². The third-order valence-electron chi connectivity index (χ3n) is 1.64. The average Bonchev–Trinajstić information content (AvgIpc) is 2.03. The van der Waals surface area contributed by atoms with Crippen LogP contribution in [0.2, 0.25) is 0 Å². The number of anilines is 1. The van der Waals surface area contributed by atoms with Crippen LogP contribution in [0.25, 0.3) is 0 Å². The van der Waals surface area contributed by atoms with Crippen molar-refractivity contribution in [2.45, 2.75) is 12.2 Å². The molecule has 1 aromatic carbocycles. The Morgan fingerprint density at radius 2 is 2.31 bits per heavy atom. The van der Waals surface area contributed by atoms with Crippen molar-refractivity contribution in [3.8, 4) is 0 Å². The Labute approximate surface area is 82.7 Å². The molecule has 0 saturated heterocycles. The van der Waals surface area contributed by atoms with Gasteiger partial charge in [-0.1, -0.05) is 12.1 Å². The number of nitrogens with two attached hydrogens (primary N) is 1. The molecule has 0 spiro atoms. The van der Waals surface area contributed by atoms with Crippen molar-refractivity contribution in [3.05, 3.63) is 29.8 Å². The number of nitrogens with one attached hydrogen (secondary N) is 1. The molecule has 0 aliphatic carbocycles. The first-order chi connectivity index (χ1) is 6.09. The summed E-state index contributed by atoms with van der Waals surface area (Å²) in [6.45, 7) is 1.96. The van der Waals surface area contributed by atoms with Crippen LogP contribution in [0.15, 0.2) is 24.3 Å². The zero-order valence-corrected chi connectivity index (χ0v) is 8.21. The standard InChI is InChI=1S/C9H12N2OS/c1-6(13)7-3-2-4-8(5-7)11-9(10)12/h2-6,13H,1H3,(H3,10,11,12). The van der Waals surface area contributed by atoms with Crippen LogP contribution in [0, 0.1) is 0 Å². The normalized spacial score (nSPS) is 12.2. The van der Waals surface area contributed by atoms with E-state index in [1.54, 1.807) is 6.07 Å². The van der Waals surface area contributed by atoms with E-state index in [1.807, 2.05) is 25.1 Å². The molecule has 1 atom stereocenters. The van der Waals surface area contributed by atoms with Crippen LogP contribution < -0.4 is 11.1 Å². The number of urea groups is 1. The quantitative estimate of drug-likeness (QED) is 0.624. The lowest BCUT2D eigenvalue weighted by Gasteiger charge is -2.07. The van der Waals surface area contributed by atoms with Crippen LogP contribution >= 0.6 is 12.6 Å². The highest BCUT2D eigenvalue weighted by molar-refractivity contribution is 7.80. The van der Waals surface area contributed by atoms with Crippen LogP contribution in [-0.2, 0) is 0 Å². The zero-order chi connectivity index (χ0) is 9.84. The van der Waals surface area contributed by atoms with E-state index in [1.165, 1.54) is 0 Å². The molecular weight excluding hydrogens is 184 g/mol. The highest BCUT2D eigenvalue weighted by Crippen LogP contribution is 2.21. The van der Waals surface area contributed by atoms with Crippen molar-refractivity contribution < 1.29 is 4.79 Å². The largest absolute Gasteiger partial charge is 0.351 e. The molecule has 0 radical (unpaired) electrons. The minimum Gasteiger partial charge on any atom is -0.351 e. The fourth-order valence-electron chi connectivity index (χ4n) is 1.02. The van der Waals surface area contributed by atoms with Gasteiger partial charge in [0.05, 0.1) is 0 Å². The van der Waals surface area contributed by atoms with Crippen molar-refractivity contribution in [1.29, 1.82) is 0 Å². The number of primary amides is 1. The zero-order valence-electron chi connectivity index (χ0n) is 7.32. The fourth-order valence-corrected chi connectivity index (χ4v) is 1.18. The minimum absolute atomic E-state index is 0.148. The summed E-state index contributed by atoms with van der Waals surface area (Å²) in [5.41, 5.74) is 6.73. The predicted molar refractivity (Wildman–Crippen MR) is 57.0 cm³/mol. The Morgan fingerprint density at radius 3 is 2.85 bits per heavy atom. The van der Waals surface area contributed by atoms with E-state index in [0.29, 0.717) is 5.69 Å². The summed E-state index contributed by atoms with van der Waals surface area (Å²) in [5.74, 6) is 0. The summed E-state index contributed by atoms with van der Waals surface area (Å²) in [4.78, 5) is 10.5. The van der Waals surface area contributed by atoms with E-state index in [2.05, 4.69) is 17.9 Å². The summed E-state index contributed by atoms with van der Waals surface area (Å²) in [7, 11) is 0. The topological polar surface area (TPSA) is 55.1 Å². The smallest absolute Gasteiger partial charge is 0.316 e. The van der Waals surface area contributed by atoms with Crippen LogP contribution in [-0.4, -0.2) is 6.03 Å². The lowest BCUT2D eigenvalue weighted by atomic mass is 10.1. The van der Waals surface area contributed by atoms with Gasteiger partial charge in [-0.3, -0.25) is 0 Å². The molecule has 0 bridgehead atoms. The van der Waals surface area contributed by atoms with E-state index in [4.69, 9.17) is 5.73 Å². The Kier molecular flexibility index (Phi) is 3.19. The highest BCUT2D eigenvalue weighted by Gasteiger charge is 2.01. The third-order valence-corrected chi connectivity index (χ3v) is 1.93. The molecule has 0 heterocycles. The molecule has 70 valence electrons. The molecule has 0 saturated carbocycles. The summed E-state index contributed by atoms with van der Waals surface area (Å²) in [6.07, 6.45) is 0. The summed E-state index contributed by atoms with van der Waals surface area (Å²) < 4.78 is 0. The van der Waals surface area contributed by atoms with Gasteiger partial charge in [0.25, 0.3) is 0 Å². The minimum atomic E-state index is -0.552. The van der Waals surface area contributed by atoms with E-state index in [0.717, 1.165) is 5.56 Å². The Hall–Kier alpha value is -1.16. The first-order valence-electron chi connectivity index (χ1n) is 3.94. The van der Waals surface area contributed by atoms with Gasteiger partial charge in [0.2, 0.25) is 0 Å². The molecule has 3 nitrogen and oxygen atoms in total. The molecular formula is C9H12N2OS. The molecule has 4 heteroatoms. The molecule has 1 rings (SSSR count). The van der Waals surface area contributed by atoms with Crippen molar-refractivity contribution in [3.63, 3.8) is 0 Å². The van der Waals surface area contributed by atoms with Crippen LogP contribution in [0.5, 0.6) is 0 Å². The average molecular weight is 196 g/mol. The first kappa shape index (κ1) is 9.92. The predicted octanol–water partition coefficient (Wildman–Crippen LogP) is 2.17. The van der Waals surface area contributed by atoms with E-state index >= 15 is 0 Å². The third kappa shape index (κ3) is 2.99. The van der Waals surface area contributed by atoms with Crippen molar-refractivity contribution in [1.82, 2.24) is 0 Å². The van der Waals surface area contributed by atoms with Gasteiger partial charge in [-0.25, -0.2) is 4.79 Å². The lowest BCUT2D eigenvalue weighted by Crippen LogP contribution is -2.19. The number of carbonyl (C=O) groups is 1. The summed E-state index contributed by atoms with van der Waals surface area (Å²) in [5, 5.41) is 2.65. The fraction of sp³-hybridized carbons (Fsp3) is 0.222. The molecule has 1 unspecified atom stereocenters.